The molecule has 4 rings (SSSR count). The zero-order chi connectivity index (χ0) is 14.2. The molecule has 2 heterocycles. The highest BCUT2D eigenvalue weighted by molar-refractivity contribution is 9.10. The van der Waals surface area contributed by atoms with Crippen LogP contribution in [0.15, 0.2) is 71.5 Å². The van der Waals surface area contributed by atoms with Crippen molar-refractivity contribution in [3.63, 3.8) is 0 Å². The number of ether oxygens (including phenoxy) is 1. The number of aromatic nitrogens is 2. The lowest BCUT2D eigenvalue weighted by molar-refractivity contribution is 0.454. The molecule has 0 fully saturated rings. The quantitative estimate of drug-likeness (QED) is 0.511. The molecule has 0 saturated carbocycles. The summed E-state index contributed by atoms with van der Waals surface area (Å²) in [7, 11) is 0. The fourth-order valence-electron chi connectivity index (χ4n) is 2.41. The van der Waals surface area contributed by atoms with Crippen molar-refractivity contribution in [1.82, 2.24) is 9.38 Å². The van der Waals surface area contributed by atoms with Crippen LogP contribution >= 0.6 is 15.9 Å². The van der Waals surface area contributed by atoms with Gasteiger partial charge < -0.3 is 4.74 Å². The van der Waals surface area contributed by atoms with Gasteiger partial charge in [0, 0.05) is 12.4 Å². The van der Waals surface area contributed by atoms with Gasteiger partial charge in [0.25, 0.3) is 0 Å². The van der Waals surface area contributed by atoms with Crippen molar-refractivity contribution >= 4 is 32.3 Å². The third-order valence-electron chi connectivity index (χ3n) is 3.43. The minimum Gasteiger partial charge on any atom is -0.439 e. The number of pyridine rings is 1. The molecule has 0 aliphatic rings. The largest absolute Gasteiger partial charge is 0.439 e. The summed E-state index contributed by atoms with van der Waals surface area (Å²) in [6.07, 6.45) is 3.65. The van der Waals surface area contributed by atoms with E-state index in [4.69, 9.17) is 4.74 Å². The van der Waals surface area contributed by atoms with E-state index in [9.17, 15) is 0 Å². The molecule has 4 heteroatoms. The minimum atomic E-state index is 0.737. The van der Waals surface area contributed by atoms with Crippen LogP contribution in [0, 0.1) is 0 Å². The lowest BCUT2D eigenvalue weighted by atomic mass is 10.1. The van der Waals surface area contributed by atoms with Crippen LogP contribution in [0.25, 0.3) is 16.4 Å². The predicted molar refractivity (Wildman–Crippen MR) is 86.9 cm³/mol. The Bertz CT molecular complexity index is 946. The highest BCUT2D eigenvalue weighted by atomic mass is 79.9. The fourth-order valence-corrected chi connectivity index (χ4v) is 2.98. The Labute approximate surface area is 129 Å². The van der Waals surface area contributed by atoms with Crippen molar-refractivity contribution in [1.29, 1.82) is 0 Å². The van der Waals surface area contributed by atoms with E-state index in [1.54, 1.807) is 6.20 Å². The van der Waals surface area contributed by atoms with Crippen molar-refractivity contribution in [2.75, 3.05) is 0 Å². The second-order valence-corrected chi connectivity index (χ2v) is 5.51. The molecule has 102 valence electrons. The van der Waals surface area contributed by atoms with Crippen molar-refractivity contribution < 1.29 is 4.74 Å². The molecule has 0 saturated heterocycles. The summed E-state index contributed by atoms with van der Waals surface area (Å²) in [5.74, 6) is 1.52. The molecule has 0 atom stereocenters. The van der Waals surface area contributed by atoms with E-state index in [-0.39, 0.29) is 0 Å². The van der Waals surface area contributed by atoms with Gasteiger partial charge in [-0.15, -0.1) is 0 Å². The third-order valence-corrected chi connectivity index (χ3v) is 4.25. The molecule has 0 aliphatic heterocycles. The SMILES string of the molecule is Brc1c(Oc2cccc3nccn23)ccc2ccccc12. The summed E-state index contributed by atoms with van der Waals surface area (Å²) in [4.78, 5) is 4.26. The van der Waals surface area contributed by atoms with Gasteiger partial charge in [-0.3, -0.25) is 4.40 Å². The standard InChI is InChI=1S/C17H11BrN2O/c18-17-13-5-2-1-4-12(13)8-9-14(17)21-16-7-3-6-15-19-10-11-20(15)16/h1-11H. The molecule has 0 aliphatic carbocycles. The Hall–Kier alpha value is -2.33. The van der Waals surface area contributed by atoms with E-state index in [1.165, 1.54) is 5.39 Å². The Morgan fingerprint density at radius 2 is 1.86 bits per heavy atom. The first-order valence-corrected chi connectivity index (χ1v) is 7.39. The second kappa shape index (κ2) is 4.90. The van der Waals surface area contributed by atoms with E-state index in [1.807, 2.05) is 47.0 Å². The van der Waals surface area contributed by atoms with Crippen LogP contribution in [0.2, 0.25) is 0 Å². The molecule has 0 amide bonds. The maximum Gasteiger partial charge on any atom is 0.205 e. The maximum atomic E-state index is 6.06. The fraction of sp³-hybridized carbons (Fsp3) is 0. The summed E-state index contributed by atoms with van der Waals surface area (Å²) in [5.41, 5.74) is 0.865. The van der Waals surface area contributed by atoms with Gasteiger partial charge in [0.2, 0.25) is 5.88 Å². The van der Waals surface area contributed by atoms with Crippen molar-refractivity contribution in [3.8, 4) is 11.6 Å². The number of rotatable bonds is 2. The predicted octanol–water partition coefficient (Wildman–Crippen LogP) is 5.04. The zero-order valence-corrected chi connectivity index (χ0v) is 12.6. The molecule has 4 aromatic rings. The van der Waals surface area contributed by atoms with E-state index in [0.29, 0.717) is 0 Å². The Morgan fingerprint density at radius 1 is 0.952 bits per heavy atom. The highest BCUT2D eigenvalue weighted by Gasteiger charge is 2.09. The number of halogens is 1. The Morgan fingerprint density at radius 3 is 2.81 bits per heavy atom. The van der Waals surface area contributed by atoms with Gasteiger partial charge in [-0.05, 0) is 44.9 Å². The summed E-state index contributed by atoms with van der Waals surface area (Å²) < 4.78 is 8.94. The van der Waals surface area contributed by atoms with Crippen LogP contribution < -0.4 is 4.74 Å². The number of nitrogens with zero attached hydrogens (tertiary/aromatic N) is 2. The number of hydrogen-bond donors (Lipinski definition) is 0. The van der Waals surface area contributed by atoms with E-state index >= 15 is 0 Å². The van der Waals surface area contributed by atoms with Gasteiger partial charge >= 0.3 is 0 Å². The van der Waals surface area contributed by atoms with Crippen molar-refractivity contribution in [2.45, 2.75) is 0 Å². The molecule has 0 bridgehead atoms. The van der Waals surface area contributed by atoms with Gasteiger partial charge in [-0.25, -0.2) is 4.98 Å². The zero-order valence-electron chi connectivity index (χ0n) is 11.0. The van der Waals surface area contributed by atoms with Crippen molar-refractivity contribution in [3.05, 3.63) is 71.5 Å². The van der Waals surface area contributed by atoms with Crippen LogP contribution in [0.4, 0.5) is 0 Å². The van der Waals surface area contributed by atoms with Gasteiger partial charge in [0.15, 0.2) is 0 Å². The molecule has 0 radical (unpaired) electrons. The molecule has 0 spiro atoms. The molecule has 21 heavy (non-hydrogen) atoms. The van der Waals surface area contributed by atoms with Crippen molar-refractivity contribution in [2.24, 2.45) is 0 Å². The van der Waals surface area contributed by atoms with Crippen LogP contribution in [-0.4, -0.2) is 9.38 Å². The van der Waals surface area contributed by atoms with Gasteiger partial charge in [-0.2, -0.15) is 0 Å². The van der Waals surface area contributed by atoms with Crippen LogP contribution in [0.3, 0.4) is 0 Å². The van der Waals surface area contributed by atoms with E-state index < -0.39 is 0 Å². The molecule has 0 unspecified atom stereocenters. The molecule has 3 nitrogen and oxygen atoms in total. The van der Waals surface area contributed by atoms with Gasteiger partial charge in [0.05, 0.1) is 4.47 Å². The second-order valence-electron chi connectivity index (χ2n) is 4.72. The average molecular weight is 339 g/mol. The van der Waals surface area contributed by atoms with E-state index in [2.05, 4.69) is 39.1 Å². The van der Waals surface area contributed by atoms with Crippen LogP contribution in [-0.2, 0) is 0 Å². The maximum absolute atomic E-state index is 6.06. The van der Waals surface area contributed by atoms with Gasteiger partial charge in [0.1, 0.15) is 11.4 Å². The molecule has 2 aromatic heterocycles. The first kappa shape index (κ1) is 12.4. The minimum absolute atomic E-state index is 0.737. The van der Waals surface area contributed by atoms with Crippen LogP contribution in [0.1, 0.15) is 0 Å². The highest BCUT2D eigenvalue weighted by Crippen LogP contribution is 2.35. The summed E-state index contributed by atoms with van der Waals surface area (Å²) in [5, 5.41) is 2.31. The van der Waals surface area contributed by atoms with E-state index in [0.717, 1.165) is 27.1 Å². The normalized spacial score (nSPS) is 11.1. The first-order chi connectivity index (χ1) is 10.3. The number of imidazole rings is 1. The summed E-state index contributed by atoms with van der Waals surface area (Å²) >= 11 is 3.64. The lowest BCUT2D eigenvalue weighted by Crippen LogP contribution is -1.93. The molecular weight excluding hydrogens is 328 g/mol. The molecular formula is C17H11BrN2O. The summed E-state index contributed by atoms with van der Waals surface area (Å²) in [6, 6.07) is 18.1. The average Bonchev–Trinajstić information content (AvgIpc) is 3.00. The number of benzene rings is 2. The number of fused-ring (bicyclic) bond motifs is 2. The lowest BCUT2D eigenvalue weighted by Gasteiger charge is -2.11. The first-order valence-electron chi connectivity index (χ1n) is 6.60. The third kappa shape index (κ3) is 2.08. The van der Waals surface area contributed by atoms with Gasteiger partial charge in [-0.1, -0.05) is 36.4 Å². The molecule has 2 aromatic carbocycles. The topological polar surface area (TPSA) is 26.5 Å². The summed E-state index contributed by atoms with van der Waals surface area (Å²) in [6.45, 7) is 0. The molecule has 0 N–H and O–H groups in total. The monoisotopic (exact) mass is 338 g/mol. The number of hydrogen-bond acceptors (Lipinski definition) is 2. The Kier molecular flexibility index (Phi) is 2.89. The van der Waals surface area contributed by atoms with Crippen LogP contribution in [0.5, 0.6) is 11.6 Å². The smallest absolute Gasteiger partial charge is 0.205 e. The Balaban J connectivity index is 1.84.